The highest BCUT2D eigenvalue weighted by Gasteiger charge is 2.21. The summed E-state index contributed by atoms with van der Waals surface area (Å²) in [6, 6.07) is 16.3. The standard InChI is InChI=1S/C22H22ClN3O4/c1-3-29-22(28)21-19(13-26(25-21)18-7-5-4-6-8-18)30-14-20(27)24-15(2)16-9-11-17(23)12-10-16/h4-13,15H,3,14H2,1-2H3,(H,24,27). The minimum Gasteiger partial charge on any atom is -0.480 e. The van der Waals surface area contributed by atoms with Gasteiger partial charge in [-0.25, -0.2) is 9.48 Å². The molecule has 1 unspecified atom stereocenters. The van der Waals surface area contributed by atoms with E-state index >= 15 is 0 Å². The van der Waals surface area contributed by atoms with E-state index in [9.17, 15) is 9.59 Å². The summed E-state index contributed by atoms with van der Waals surface area (Å²) in [5.41, 5.74) is 1.68. The van der Waals surface area contributed by atoms with Crippen molar-refractivity contribution in [1.29, 1.82) is 0 Å². The lowest BCUT2D eigenvalue weighted by atomic mass is 10.1. The van der Waals surface area contributed by atoms with E-state index in [1.165, 1.54) is 4.68 Å². The fourth-order valence-electron chi connectivity index (χ4n) is 2.78. The molecular weight excluding hydrogens is 406 g/mol. The van der Waals surface area contributed by atoms with E-state index < -0.39 is 5.97 Å². The summed E-state index contributed by atoms with van der Waals surface area (Å²) in [7, 11) is 0. The largest absolute Gasteiger partial charge is 0.480 e. The Morgan fingerprint density at radius 1 is 1.13 bits per heavy atom. The Kier molecular flexibility index (Phi) is 7.08. The quantitative estimate of drug-likeness (QED) is 0.550. The zero-order chi connectivity index (χ0) is 21.5. The second kappa shape index (κ2) is 9.93. The smallest absolute Gasteiger partial charge is 0.362 e. The Hall–Kier alpha value is -3.32. The predicted octanol–water partition coefficient (Wildman–Crippen LogP) is 3.96. The SMILES string of the molecule is CCOC(=O)c1nn(-c2ccccc2)cc1OCC(=O)NC(C)c1ccc(Cl)cc1. The fraction of sp³-hybridized carbons (Fsp3) is 0.227. The van der Waals surface area contributed by atoms with Crippen molar-refractivity contribution in [3.05, 3.63) is 77.1 Å². The fourth-order valence-corrected chi connectivity index (χ4v) is 2.90. The number of aromatic nitrogens is 2. The van der Waals surface area contributed by atoms with Gasteiger partial charge in [-0.3, -0.25) is 4.79 Å². The first-order valence-electron chi connectivity index (χ1n) is 9.47. The second-order valence-electron chi connectivity index (χ2n) is 6.47. The van der Waals surface area contributed by atoms with Gasteiger partial charge in [-0.1, -0.05) is 41.9 Å². The Morgan fingerprint density at radius 3 is 2.50 bits per heavy atom. The summed E-state index contributed by atoms with van der Waals surface area (Å²) >= 11 is 5.90. The predicted molar refractivity (Wildman–Crippen MR) is 113 cm³/mol. The number of amides is 1. The zero-order valence-corrected chi connectivity index (χ0v) is 17.4. The summed E-state index contributed by atoms with van der Waals surface area (Å²) in [4.78, 5) is 24.6. The van der Waals surface area contributed by atoms with E-state index in [1.807, 2.05) is 49.4 Å². The Morgan fingerprint density at radius 2 is 1.83 bits per heavy atom. The number of ether oxygens (including phenoxy) is 2. The molecule has 0 spiro atoms. The molecule has 7 nitrogen and oxygen atoms in total. The van der Waals surface area contributed by atoms with Gasteiger partial charge in [0.1, 0.15) is 0 Å². The third-order valence-electron chi connectivity index (χ3n) is 4.28. The number of halogens is 1. The highest BCUT2D eigenvalue weighted by atomic mass is 35.5. The summed E-state index contributed by atoms with van der Waals surface area (Å²) in [5, 5.41) is 7.74. The van der Waals surface area contributed by atoms with Crippen molar-refractivity contribution in [2.45, 2.75) is 19.9 Å². The molecule has 0 bridgehead atoms. The van der Waals surface area contributed by atoms with E-state index in [0.717, 1.165) is 11.3 Å². The maximum atomic E-state index is 12.3. The third kappa shape index (κ3) is 5.39. The van der Waals surface area contributed by atoms with Gasteiger partial charge < -0.3 is 14.8 Å². The molecule has 0 aliphatic heterocycles. The molecule has 1 N–H and O–H groups in total. The summed E-state index contributed by atoms with van der Waals surface area (Å²) in [6.45, 7) is 3.50. The molecule has 1 amide bonds. The number of nitrogens with one attached hydrogen (secondary N) is 1. The molecule has 0 radical (unpaired) electrons. The summed E-state index contributed by atoms with van der Waals surface area (Å²) < 4.78 is 12.2. The monoisotopic (exact) mass is 427 g/mol. The minimum absolute atomic E-state index is 0.0132. The van der Waals surface area contributed by atoms with Crippen LogP contribution in [0.3, 0.4) is 0 Å². The second-order valence-corrected chi connectivity index (χ2v) is 6.91. The lowest BCUT2D eigenvalue weighted by Crippen LogP contribution is -2.31. The van der Waals surface area contributed by atoms with Crippen LogP contribution in [0.15, 0.2) is 60.8 Å². The molecule has 1 aromatic heterocycles. The van der Waals surface area contributed by atoms with Gasteiger partial charge in [0.2, 0.25) is 5.69 Å². The number of rotatable bonds is 8. The zero-order valence-electron chi connectivity index (χ0n) is 16.7. The molecule has 156 valence electrons. The van der Waals surface area contributed by atoms with Crippen molar-refractivity contribution in [2.75, 3.05) is 13.2 Å². The van der Waals surface area contributed by atoms with Crippen LogP contribution >= 0.6 is 11.6 Å². The van der Waals surface area contributed by atoms with Crippen LogP contribution in [0.25, 0.3) is 5.69 Å². The molecule has 1 atom stereocenters. The highest BCUT2D eigenvalue weighted by Crippen LogP contribution is 2.21. The van der Waals surface area contributed by atoms with Crippen molar-refractivity contribution in [3.63, 3.8) is 0 Å². The minimum atomic E-state index is -0.614. The normalized spacial score (nSPS) is 11.6. The van der Waals surface area contributed by atoms with Gasteiger partial charge in [0.25, 0.3) is 5.91 Å². The van der Waals surface area contributed by atoms with Crippen LogP contribution in [0.5, 0.6) is 5.75 Å². The van der Waals surface area contributed by atoms with Crippen LogP contribution in [0.4, 0.5) is 0 Å². The van der Waals surface area contributed by atoms with Crippen molar-refractivity contribution in [1.82, 2.24) is 15.1 Å². The number of benzene rings is 2. The molecule has 1 heterocycles. The number of hydrogen-bond donors (Lipinski definition) is 1. The number of carbonyl (C=O) groups is 2. The number of nitrogens with zero attached hydrogens (tertiary/aromatic N) is 2. The average Bonchev–Trinajstić information content (AvgIpc) is 3.18. The average molecular weight is 428 g/mol. The molecule has 0 aliphatic carbocycles. The van der Waals surface area contributed by atoms with Crippen LogP contribution in [0, 0.1) is 0 Å². The van der Waals surface area contributed by atoms with Gasteiger partial charge in [0.15, 0.2) is 12.4 Å². The lowest BCUT2D eigenvalue weighted by Gasteiger charge is -2.14. The molecule has 30 heavy (non-hydrogen) atoms. The molecule has 3 aromatic rings. The first kappa shape index (κ1) is 21.4. The molecule has 0 saturated carbocycles. The van der Waals surface area contributed by atoms with E-state index in [1.54, 1.807) is 25.3 Å². The van der Waals surface area contributed by atoms with E-state index in [-0.39, 0.29) is 36.6 Å². The first-order chi connectivity index (χ1) is 14.5. The topological polar surface area (TPSA) is 82.4 Å². The van der Waals surface area contributed by atoms with Gasteiger partial charge >= 0.3 is 5.97 Å². The van der Waals surface area contributed by atoms with Gasteiger partial charge in [0, 0.05) is 5.02 Å². The molecule has 0 saturated heterocycles. The van der Waals surface area contributed by atoms with Crippen LogP contribution in [0.2, 0.25) is 5.02 Å². The molecule has 0 fully saturated rings. The van der Waals surface area contributed by atoms with Crippen molar-refractivity contribution in [3.8, 4) is 11.4 Å². The third-order valence-corrected chi connectivity index (χ3v) is 4.53. The first-order valence-corrected chi connectivity index (χ1v) is 9.85. The summed E-state index contributed by atoms with van der Waals surface area (Å²) in [5.74, 6) is -0.775. The number of esters is 1. The summed E-state index contributed by atoms with van der Waals surface area (Å²) in [6.07, 6.45) is 1.55. The van der Waals surface area contributed by atoms with E-state index in [0.29, 0.717) is 5.02 Å². The van der Waals surface area contributed by atoms with Crippen molar-refractivity contribution >= 4 is 23.5 Å². The maximum Gasteiger partial charge on any atom is 0.362 e. The molecule has 8 heteroatoms. The number of carbonyl (C=O) groups excluding carboxylic acids is 2. The number of hydrogen-bond acceptors (Lipinski definition) is 5. The molecule has 2 aromatic carbocycles. The Balaban J connectivity index is 1.70. The van der Waals surface area contributed by atoms with E-state index in [2.05, 4.69) is 10.4 Å². The van der Waals surface area contributed by atoms with Crippen LogP contribution < -0.4 is 10.1 Å². The van der Waals surface area contributed by atoms with E-state index in [4.69, 9.17) is 21.1 Å². The van der Waals surface area contributed by atoms with Gasteiger partial charge in [-0.15, -0.1) is 0 Å². The Labute approximate surface area is 179 Å². The van der Waals surface area contributed by atoms with Crippen LogP contribution in [0.1, 0.15) is 35.9 Å². The molecule has 0 aliphatic rings. The highest BCUT2D eigenvalue weighted by molar-refractivity contribution is 6.30. The van der Waals surface area contributed by atoms with Crippen LogP contribution in [-0.4, -0.2) is 34.9 Å². The maximum absolute atomic E-state index is 12.3. The van der Waals surface area contributed by atoms with Crippen molar-refractivity contribution in [2.24, 2.45) is 0 Å². The van der Waals surface area contributed by atoms with Gasteiger partial charge in [-0.05, 0) is 43.7 Å². The van der Waals surface area contributed by atoms with Crippen LogP contribution in [-0.2, 0) is 9.53 Å². The molecular formula is C22H22ClN3O4. The molecule has 3 rings (SSSR count). The Bertz CT molecular complexity index is 1000. The van der Waals surface area contributed by atoms with Crippen molar-refractivity contribution < 1.29 is 19.1 Å². The lowest BCUT2D eigenvalue weighted by molar-refractivity contribution is -0.123. The number of para-hydroxylation sites is 1. The van der Waals surface area contributed by atoms with Gasteiger partial charge in [-0.2, -0.15) is 5.10 Å². The van der Waals surface area contributed by atoms with Gasteiger partial charge in [0.05, 0.1) is 24.5 Å².